The topological polar surface area (TPSA) is 132 Å². The molecule has 0 unspecified atom stereocenters. The first-order valence-corrected chi connectivity index (χ1v) is 13.9. The fraction of sp³-hybridized carbons (Fsp3) is 0.320. The molecule has 1 saturated heterocycles. The molecule has 40 heavy (non-hydrogen) atoms. The molecule has 210 valence electrons. The van der Waals surface area contributed by atoms with E-state index in [9.17, 15) is 27.9 Å². The number of halogens is 3. The molecule has 1 aliphatic heterocycles. The molecule has 10 nitrogen and oxygen atoms in total. The Morgan fingerprint density at radius 1 is 1.12 bits per heavy atom. The molecule has 1 atom stereocenters. The van der Waals surface area contributed by atoms with Crippen molar-refractivity contribution < 1.29 is 27.9 Å². The highest BCUT2D eigenvalue weighted by Crippen LogP contribution is 2.32. The van der Waals surface area contributed by atoms with Crippen molar-refractivity contribution >= 4 is 61.5 Å². The van der Waals surface area contributed by atoms with Crippen molar-refractivity contribution in [3.05, 3.63) is 58.2 Å². The van der Waals surface area contributed by atoms with E-state index >= 15 is 0 Å². The number of hydrogen-bond donors (Lipinski definition) is 4. The van der Waals surface area contributed by atoms with Crippen LogP contribution in [0.15, 0.2) is 42.9 Å². The highest BCUT2D eigenvalue weighted by molar-refractivity contribution is 7.21. The molecule has 0 saturated carbocycles. The molecular weight excluding hydrogens is 567 g/mol. The number of hydrogen-bond acceptors (Lipinski definition) is 9. The van der Waals surface area contributed by atoms with E-state index in [1.165, 1.54) is 41.1 Å². The molecule has 0 spiro atoms. The summed E-state index contributed by atoms with van der Waals surface area (Å²) in [4.78, 5) is 41.0. The van der Waals surface area contributed by atoms with E-state index < -0.39 is 23.9 Å². The number of carbonyl (C=O) groups is 2. The van der Waals surface area contributed by atoms with E-state index in [0.29, 0.717) is 53.8 Å². The van der Waals surface area contributed by atoms with Gasteiger partial charge in [-0.05, 0) is 37.1 Å². The summed E-state index contributed by atoms with van der Waals surface area (Å²) in [6.07, 6.45) is 0.0365. The number of nitrogens with zero attached hydrogens (tertiary/aromatic N) is 4. The van der Waals surface area contributed by atoms with Gasteiger partial charge in [0.25, 0.3) is 5.91 Å². The Morgan fingerprint density at radius 3 is 2.77 bits per heavy atom. The van der Waals surface area contributed by atoms with Crippen LogP contribution in [0.5, 0.6) is 0 Å². The first-order chi connectivity index (χ1) is 19.2. The first kappa shape index (κ1) is 27.7. The average Bonchev–Trinajstić information content (AvgIpc) is 3.55. The van der Waals surface area contributed by atoms with Crippen LogP contribution in [0.2, 0.25) is 0 Å². The number of thiazole rings is 1. The van der Waals surface area contributed by atoms with Crippen molar-refractivity contribution in [3.63, 3.8) is 0 Å². The number of nitrogens with one attached hydrogen (secondary N) is 3. The van der Waals surface area contributed by atoms with Crippen LogP contribution in [0.1, 0.15) is 33.0 Å². The molecule has 0 aliphatic carbocycles. The number of thiophene rings is 1. The molecule has 4 aromatic rings. The van der Waals surface area contributed by atoms with Crippen molar-refractivity contribution in [1.82, 2.24) is 19.9 Å². The van der Waals surface area contributed by atoms with E-state index in [0.717, 1.165) is 28.1 Å². The Bertz CT molecular complexity index is 1520. The van der Waals surface area contributed by atoms with Crippen LogP contribution >= 0.6 is 22.7 Å². The number of aromatic nitrogens is 3. The number of piperidine rings is 1. The van der Waals surface area contributed by atoms with Crippen molar-refractivity contribution in [2.45, 2.75) is 31.5 Å². The second-order valence-electron chi connectivity index (χ2n) is 9.06. The average molecular weight is 592 g/mol. The first-order valence-electron chi connectivity index (χ1n) is 12.3. The maximum absolute atomic E-state index is 12.9. The van der Waals surface area contributed by atoms with Crippen molar-refractivity contribution in [2.75, 3.05) is 35.6 Å². The summed E-state index contributed by atoms with van der Waals surface area (Å²) in [5.41, 5.74) is -0.196. The second kappa shape index (κ2) is 11.7. The lowest BCUT2D eigenvalue weighted by Gasteiger charge is -2.29. The molecule has 3 aromatic heterocycles. The lowest BCUT2D eigenvalue weighted by atomic mass is 10.1. The summed E-state index contributed by atoms with van der Waals surface area (Å²) in [5, 5.41) is 18.4. The van der Waals surface area contributed by atoms with Gasteiger partial charge in [0.05, 0.1) is 26.8 Å². The van der Waals surface area contributed by atoms with Crippen LogP contribution in [-0.2, 0) is 12.6 Å². The number of carbonyl (C=O) groups excluding carboxylic acids is 2. The summed E-state index contributed by atoms with van der Waals surface area (Å²) in [7, 11) is 0. The van der Waals surface area contributed by atoms with E-state index in [1.54, 1.807) is 17.2 Å². The minimum Gasteiger partial charge on any atom is -0.391 e. The predicted octanol–water partition coefficient (Wildman–Crippen LogP) is 5.06. The van der Waals surface area contributed by atoms with E-state index in [4.69, 9.17) is 0 Å². The van der Waals surface area contributed by atoms with Gasteiger partial charge in [-0.3, -0.25) is 10.1 Å². The molecule has 1 fully saturated rings. The third-order valence-electron chi connectivity index (χ3n) is 6.09. The van der Waals surface area contributed by atoms with Crippen LogP contribution in [0.4, 0.5) is 34.6 Å². The van der Waals surface area contributed by atoms with Gasteiger partial charge in [-0.15, -0.1) is 22.7 Å². The second-order valence-corrected chi connectivity index (χ2v) is 11.2. The summed E-state index contributed by atoms with van der Waals surface area (Å²) >= 11 is 2.54. The number of β-amino-alcohol motifs (C(OH)–C–C–N with tert-alkyl or cyclic N) is 1. The van der Waals surface area contributed by atoms with Gasteiger partial charge in [-0.25, -0.2) is 19.7 Å². The summed E-state index contributed by atoms with van der Waals surface area (Å²) in [6.45, 7) is 1.42. The molecule has 3 amide bonds. The van der Waals surface area contributed by atoms with E-state index in [2.05, 4.69) is 30.9 Å². The summed E-state index contributed by atoms with van der Waals surface area (Å²) < 4.78 is 39.4. The summed E-state index contributed by atoms with van der Waals surface area (Å²) in [5.74, 6) is 0.463. The quantitative estimate of drug-likeness (QED) is 0.236. The van der Waals surface area contributed by atoms with Crippen molar-refractivity contribution in [2.24, 2.45) is 0 Å². The number of amides is 3. The van der Waals surface area contributed by atoms with Gasteiger partial charge in [-0.1, -0.05) is 6.07 Å². The number of alkyl halides is 3. The lowest BCUT2D eigenvalue weighted by molar-refractivity contribution is -0.137. The van der Waals surface area contributed by atoms with Gasteiger partial charge < -0.3 is 20.6 Å². The minimum absolute atomic E-state index is 0.0106. The number of rotatable bonds is 7. The molecule has 5 rings (SSSR count). The standard InChI is InChI=1S/C25H24F3N7O3S2/c26-25(27,28)14-3-1-4-15(9-14)33-23(38)34-24-30-11-17(39-24)6-7-29-21-20-18(31-13-32-21)10-19(40-20)22(37)35-8-2-5-16(36)12-35/h1,3-4,9-11,13,16,36H,2,5-8,12H2,(H,29,31,32)(H2,30,33,34,38)/t16-/m1/s1. The molecule has 4 N–H and O–H groups in total. The third kappa shape index (κ3) is 6.66. The van der Waals surface area contributed by atoms with Crippen LogP contribution in [0, 0.1) is 0 Å². The van der Waals surface area contributed by atoms with Crippen LogP contribution in [0.25, 0.3) is 10.2 Å². The zero-order valence-corrected chi connectivity index (χ0v) is 22.5. The number of benzene rings is 1. The van der Waals surface area contributed by atoms with Gasteiger partial charge in [0, 0.05) is 42.8 Å². The van der Waals surface area contributed by atoms with Crippen LogP contribution < -0.4 is 16.0 Å². The number of urea groups is 1. The Labute approximate surface area is 234 Å². The van der Waals surface area contributed by atoms with Crippen LogP contribution in [-0.4, -0.2) is 62.6 Å². The molecule has 0 radical (unpaired) electrons. The maximum atomic E-state index is 12.9. The third-order valence-corrected chi connectivity index (χ3v) is 8.18. The number of aliphatic hydroxyl groups is 1. The molecular formula is C25H24F3N7O3S2. The smallest absolute Gasteiger partial charge is 0.391 e. The van der Waals surface area contributed by atoms with Crippen molar-refractivity contribution in [1.29, 1.82) is 0 Å². The van der Waals surface area contributed by atoms with Gasteiger partial charge >= 0.3 is 12.2 Å². The van der Waals surface area contributed by atoms with Gasteiger partial charge in [0.2, 0.25) is 0 Å². The maximum Gasteiger partial charge on any atom is 0.416 e. The van der Waals surface area contributed by atoms with Gasteiger partial charge in [0.1, 0.15) is 12.1 Å². The van der Waals surface area contributed by atoms with E-state index in [-0.39, 0.29) is 11.6 Å². The number of aliphatic hydroxyl groups excluding tert-OH is 1. The largest absolute Gasteiger partial charge is 0.416 e. The Hall–Kier alpha value is -3.82. The Morgan fingerprint density at radius 2 is 1.98 bits per heavy atom. The SMILES string of the molecule is O=C(Nc1cccc(C(F)(F)F)c1)Nc1ncc(CCNc2ncnc3cc(C(=O)N4CCC[C@@H](O)C4)sc23)s1. The van der Waals surface area contributed by atoms with Gasteiger partial charge in [-0.2, -0.15) is 13.2 Å². The monoisotopic (exact) mass is 591 g/mol. The highest BCUT2D eigenvalue weighted by atomic mass is 32.1. The molecule has 15 heteroatoms. The zero-order chi connectivity index (χ0) is 28.3. The van der Waals surface area contributed by atoms with E-state index in [1.807, 2.05) is 0 Å². The number of likely N-dealkylation sites (tertiary alicyclic amines) is 1. The summed E-state index contributed by atoms with van der Waals surface area (Å²) in [6, 6.07) is 5.39. The lowest BCUT2D eigenvalue weighted by Crippen LogP contribution is -2.41. The van der Waals surface area contributed by atoms with Crippen molar-refractivity contribution in [3.8, 4) is 0 Å². The number of anilines is 3. The molecule has 1 aromatic carbocycles. The zero-order valence-electron chi connectivity index (χ0n) is 20.9. The highest BCUT2D eigenvalue weighted by Gasteiger charge is 2.30. The fourth-order valence-corrected chi connectivity index (χ4v) is 6.05. The normalized spacial score (nSPS) is 15.7. The molecule has 0 bridgehead atoms. The Balaban J connectivity index is 1.15. The Kier molecular flexibility index (Phi) is 8.14. The molecule has 4 heterocycles. The predicted molar refractivity (Wildman–Crippen MR) is 147 cm³/mol. The fourth-order valence-electron chi connectivity index (χ4n) is 4.20. The van der Waals surface area contributed by atoms with Gasteiger partial charge in [0.15, 0.2) is 5.13 Å². The molecule has 1 aliphatic rings. The number of fused-ring (bicyclic) bond motifs is 1. The van der Waals surface area contributed by atoms with Crippen LogP contribution in [0.3, 0.4) is 0 Å². The minimum atomic E-state index is -4.51.